The number of anilines is 3. The first-order valence-corrected chi connectivity index (χ1v) is 9.34. The highest BCUT2D eigenvalue weighted by molar-refractivity contribution is 6.06. The first-order valence-electron chi connectivity index (χ1n) is 9.34. The molecular weight excluding hydrogens is 326 g/mol. The molecule has 0 radical (unpaired) electrons. The van der Waals surface area contributed by atoms with Crippen molar-refractivity contribution in [3.63, 3.8) is 0 Å². The van der Waals surface area contributed by atoms with E-state index in [0.717, 1.165) is 38.2 Å². The van der Waals surface area contributed by atoms with Gasteiger partial charge in [-0.1, -0.05) is 31.5 Å². The number of nitrogens with zero attached hydrogens (tertiary/aromatic N) is 3. The average molecular weight is 355 g/mol. The molecule has 26 heavy (non-hydrogen) atoms. The minimum Gasteiger partial charge on any atom is -0.368 e. The van der Waals surface area contributed by atoms with E-state index < -0.39 is 0 Å². The van der Waals surface area contributed by atoms with Crippen molar-refractivity contribution in [1.29, 1.82) is 0 Å². The lowest BCUT2D eigenvalue weighted by molar-refractivity contribution is 0.102. The predicted octanol–water partition coefficient (Wildman–Crippen LogP) is 4.10. The second-order valence-corrected chi connectivity index (χ2v) is 6.11. The number of hydrogen-bond acceptors (Lipinski definition) is 5. The van der Waals surface area contributed by atoms with Gasteiger partial charge in [0.05, 0.1) is 5.69 Å². The molecule has 0 unspecified atom stereocenters. The van der Waals surface area contributed by atoms with E-state index in [1.165, 1.54) is 0 Å². The molecule has 0 spiro atoms. The standard InChI is InChI=1S/C20H29N5O/c1-5-8-14-21-18-17(23-19(26)16-12-10-9-11-13-16)15(4)22-20(24-18)25(6-2)7-3/h9-13H,5-8,14H2,1-4H3,(H,23,26)(H,21,22,24). The summed E-state index contributed by atoms with van der Waals surface area (Å²) in [5, 5.41) is 6.34. The van der Waals surface area contributed by atoms with Crippen LogP contribution in [0.1, 0.15) is 49.7 Å². The summed E-state index contributed by atoms with van der Waals surface area (Å²) in [4.78, 5) is 24.0. The largest absolute Gasteiger partial charge is 0.368 e. The number of aromatic nitrogens is 2. The summed E-state index contributed by atoms with van der Waals surface area (Å²) in [6, 6.07) is 9.17. The Morgan fingerprint density at radius 3 is 2.38 bits per heavy atom. The quantitative estimate of drug-likeness (QED) is 0.663. The molecule has 0 saturated heterocycles. The Labute approximate surface area is 156 Å². The Kier molecular flexibility index (Phi) is 7.38. The van der Waals surface area contributed by atoms with E-state index in [4.69, 9.17) is 0 Å². The summed E-state index contributed by atoms with van der Waals surface area (Å²) >= 11 is 0. The lowest BCUT2D eigenvalue weighted by Gasteiger charge is -2.22. The second kappa shape index (κ2) is 9.75. The van der Waals surface area contributed by atoms with Gasteiger partial charge in [-0.3, -0.25) is 4.79 Å². The van der Waals surface area contributed by atoms with E-state index in [1.54, 1.807) is 12.1 Å². The highest BCUT2D eigenvalue weighted by Gasteiger charge is 2.17. The number of aryl methyl sites for hydroxylation is 1. The summed E-state index contributed by atoms with van der Waals surface area (Å²) in [6.45, 7) is 10.7. The number of carbonyl (C=O) groups is 1. The maximum atomic E-state index is 12.6. The Morgan fingerprint density at radius 2 is 1.77 bits per heavy atom. The van der Waals surface area contributed by atoms with Gasteiger partial charge in [0.25, 0.3) is 5.91 Å². The van der Waals surface area contributed by atoms with Gasteiger partial charge < -0.3 is 15.5 Å². The highest BCUT2D eigenvalue weighted by atomic mass is 16.1. The third-order valence-corrected chi connectivity index (χ3v) is 4.22. The van der Waals surface area contributed by atoms with Crippen LogP contribution in [0, 0.1) is 6.92 Å². The van der Waals surface area contributed by atoms with Crippen LogP contribution in [0.2, 0.25) is 0 Å². The van der Waals surface area contributed by atoms with Gasteiger partial charge in [0, 0.05) is 25.2 Å². The first-order chi connectivity index (χ1) is 12.6. The van der Waals surface area contributed by atoms with E-state index in [2.05, 4.69) is 46.3 Å². The molecule has 0 aliphatic carbocycles. The zero-order valence-electron chi connectivity index (χ0n) is 16.2. The summed E-state index contributed by atoms with van der Waals surface area (Å²) in [7, 11) is 0. The molecule has 0 atom stereocenters. The van der Waals surface area contributed by atoms with E-state index >= 15 is 0 Å². The highest BCUT2D eigenvalue weighted by Crippen LogP contribution is 2.26. The lowest BCUT2D eigenvalue weighted by atomic mass is 10.2. The molecule has 2 rings (SSSR count). The number of hydrogen-bond donors (Lipinski definition) is 2. The van der Waals surface area contributed by atoms with Crippen LogP contribution in [0.3, 0.4) is 0 Å². The molecule has 140 valence electrons. The van der Waals surface area contributed by atoms with E-state index in [1.807, 2.05) is 25.1 Å². The molecular formula is C20H29N5O. The predicted molar refractivity (Wildman–Crippen MR) is 108 cm³/mol. The molecule has 6 heteroatoms. The van der Waals surface area contributed by atoms with Gasteiger partial charge in [0.15, 0.2) is 5.82 Å². The Hall–Kier alpha value is -2.63. The molecule has 0 aliphatic rings. The fourth-order valence-electron chi connectivity index (χ4n) is 2.64. The van der Waals surface area contributed by atoms with Crippen molar-refractivity contribution in [2.24, 2.45) is 0 Å². The van der Waals surface area contributed by atoms with Crippen LogP contribution < -0.4 is 15.5 Å². The number of unbranched alkanes of at least 4 members (excludes halogenated alkanes) is 1. The van der Waals surface area contributed by atoms with Crippen LogP contribution in [0.25, 0.3) is 0 Å². The fourth-order valence-corrected chi connectivity index (χ4v) is 2.64. The van der Waals surface area contributed by atoms with Crippen molar-refractivity contribution in [2.75, 3.05) is 35.2 Å². The SMILES string of the molecule is CCCCNc1nc(N(CC)CC)nc(C)c1NC(=O)c1ccccc1. The van der Waals surface area contributed by atoms with Crippen molar-refractivity contribution in [3.05, 3.63) is 41.6 Å². The average Bonchev–Trinajstić information content (AvgIpc) is 2.66. The zero-order chi connectivity index (χ0) is 18.9. The van der Waals surface area contributed by atoms with E-state index in [0.29, 0.717) is 23.0 Å². The summed E-state index contributed by atoms with van der Waals surface area (Å²) in [5.41, 5.74) is 2.01. The smallest absolute Gasteiger partial charge is 0.255 e. The van der Waals surface area contributed by atoms with Crippen LogP contribution in [0.4, 0.5) is 17.5 Å². The second-order valence-electron chi connectivity index (χ2n) is 6.11. The molecule has 0 bridgehead atoms. The van der Waals surface area contributed by atoms with Crippen molar-refractivity contribution in [3.8, 4) is 0 Å². The molecule has 1 heterocycles. The van der Waals surface area contributed by atoms with Gasteiger partial charge in [0.1, 0.15) is 5.69 Å². The summed E-state index contributed by atoms with van der Waals surface area (Å²) in [6.07, 6.45) is 2.13. The molecule has 1 aromatic heterocycles. The summed E-state index contributed by atoms with van der Waals surface area (Å²) < 4.78 is 0. The molecule has 1 aromatic carbocycles. The fraction of sp³-hybridized carbons (Fsp3) is 0.450. The topological polar surface area (TPSA) is 70.2 Å². The minimum absolute atomic E-state index is 0.161. The van der Waals surface area contributed by atoms with Crippen molar-refractivity contribution in [2.45, 2.75) is 40.5 Å². The van der Waals surface area contributed by atoms with Gasteiger partial charge >= 0.3 is 0 Å². The third kappa shape index (κ3) is 4.94. The number of rotatable bonds is 9. The van der Waals surface area contributed by atoms with Gasteiger partial charge in [0.2, 0.25) is 5.95 Å². The number of nitrogens with one attached hydrogen (secondary N) is 2. The molecule has 0 aliphatic heterocycles. The van der Waals surface area contributed by atoms with E-state index in [-0.39, 0.29) is 5.91 Å². The molecule has 2 aromatic rings. The number of amides is 1. The van der Waals surface area contributed by atoms with E-state index in [9.17, 15) is 4.79 Å². The van der Waals surface area contributed by atoms with Crippen molar-refractivity contribution < 1.29 is 4.79 Å². The van der Waals surface area contributed by atoms with Gasteiger partial charge in [-0.05, 0) is 39.3 Å². The lowest BCUT2D eigenvalue weighted by Crippen LogP contribution is -2.26. The van der Waals surface area contributed by atoms with Crippen molar-refractivity contribution in [1.82, 2.24) is 9.97 Å². The van der Waals surface area contributed by atoms with Gasteiger partial charge in [-0.25, -0.2) is 4.98 Å². The third-order valence-electron chi connectivity index (χ3n) is 4.22. The Morgan fingerprint density at radius 1 is 1.08 bits per heavy atom. The summed E-state index contributed by atoms with van der Waals surface area (Å²) in [5.74, 6) is 1.20. The number of carbonyl (C=O) groups excluding carboxylic acids is 1. The molecule has 2 N–H and O–H groups in total. The van der Waals surface area contributed by atoms with Crippen LogP contribution in [-0.4, -0.2) is 35.5 Å². The van der Waals surface area contributed by atoms with Gasteiger partial charge in [-0.15, -0.1) is 0 Å². The molecule has 6 nitrogen and oxygen atoms in total. The normalized spacial score (nSPS) is 10.5. The van der Waals surface area contributed by atoms with Crippen molar-refractivity contribution >= 4 is 23.4 Å². The maximum absolute atomic E-state index is 12.6. The maximum Gasteiger partial charge on any atom is 0.255 e. The van der Waals surface area contributed by atoms with Crippen LogP contribution in [-0.2, 0) is 0 Å². The van der Waals surface area contributed by atoms with Crippen LogP contribution >= 0.6 is 0 Å². The number of benzene rings is 1. The Bertz CT molecular complexity index is 714. The minimum atomic E-state index is -0.161. The molecule has 0 fully saturated rings. The molecule has 1 amide bonds. The van der Waals surface area contributed by atoms with Gasteiger partial charge in [-0.2, -0.15) is 4.98 Å². The zero-order valence-corrected chi connectivity index (χ0v) is 16.2. The van der Waals surface area contributed by atoms with Crippen LogP contribution in [0.5, 0.6) is 0 Å². The van der Waals surface area contributed by atoms with Crippen LogP contribution in [0.15, 0.2) is 30.3 Å². The Balaban J connectivity index is 2.34. The molecule has 0 saturated carbocycles. The monoisotopic (exact) mass is 355 g/mol. The first kappa shape index (κ1) is 19.7.